The van der Waals surface area contributed by atoms with Crippen LogP contribution in [0.1, 0.15) is 11.5 Å². The van der Waals surface area contributed by atoms with Crippen LogP contribution in [-0.4, -0.2) is 17.1 Å². The van der Waals surface area contributed by atoms with Gasteiger partial charge >= 0.3 is 12.1 Å². The molecular formula is C16H10BrF3N2O2. The molecule has 1 heterocycles. The molecule has 4 nitrogen and oxygen atoms in total. The van der Waals surface area contributed by atoms with Gasteiger partial charge in [-0.1, -0.05) is 28.1 Å². The van der Waals surface area contributed by atoms with Crippen molar-refractivity contribution in [3.05, 3.63) is 58.4 Å². The summed E-state index contributed by atoms with van der Waals surface area (Å²) in [5, 5.41) is 1.78. The van der Waals surface area contributed by atoms with Crippen molar-refractivity contribution in [1.29, 1.82) is 0 Å². The summed E-state index contributed by atoms with van der Waals surface area (Å²) in [5.74, 6) is -1.59. The number of nitrogens with zero attached hydrogens (tertiary/aromatic N) is 1. The molecule has 0 spiro atoms. The quantitative estimate of drug-likeness (QED) is 0.696. The molecule has 0 unspecified atom stereocenters. The number of benzene rings is 2. The maximum atomic E-state index is 12.3. The van der Waals surface area contributed by atoms with E-state index in [9.17, 15) is 18.0 Å². The Hall–Kier alpha value is -2.35. The van der Waals surface area contributed by atoms with Crippen LogP contribution in [0.2, 0.25) is 0 Å². The lowest BCUT2D eigenvalue weighted by Gasteiger charge is -2.07. The largest absolute Gasteiger partial charge is 0.471 e. The van der Waals surface area contributed by atoms with Crippen LogP contribution in [-0.2, 0) is 11.2 Å². The Bertz CT molecular complexity index is 888. The van der Waals surface area contributed by atoms with Gasteiger partial charge in [-0.05, 0) is 29.8 Å². The van der Waals surface area contributed by atoms with Crippen molar-refractivity contribution < 1.29 is 22.4 Å². The average molecular weight is 399 g/mol. The van der Waals surface area contributed by atoms with E-state index >= 15 is 0 Å². The Balaban J connectivity index is 1.81. The highest BCUT2D eigenvalue weighted by Gasteiger charge is 2.38. The van der Waals surface area contributed by atoms with E-state index in [0.717, 1.165) is 10.0 Å². The number of anilines is 1. The molecule has 1 amide bonds. The second-order valence-corrected chi connectivity index (χ2v) is 5.96. The van der Waals surface area contributed by atoms with Crippen LogP contribution < -0.4 is 5.32 Å². The van der Waals surface area contributed by atoms with Gasteiger partial charge in [-0.3, -0.25) is 4.79 Å². The zero-order valence-electron chi connectivity index (χ0n) is 12.0. The number of amides is 1. The second-order valence-electron chi connectivity index (χ2n) is 5.05. The number of carbonyl (C=O) groups excluding carboxylic acids is 1. The molecule has 1 N–H and O–H groups in total. The molecule has 3 rings (SSSR count). The topological polar surface area (TPSA) is 55.1 Å². The van der Waals surface area contributed by atoms with Crippen molar-refractivity contribution in [2.45, 2.75) is 12.6 Å². The van der Waals surface area contributed by atoms with Gasteiger partial charge in [-0.25, -0.2) is 4.98 Å². The number of oxazole rings is 1. The number of fused-ring (bicyclic) bond motifs is 1. The average Bonchev–Trinajstić information content (AvgIpc) is 2.90. The lowest BCUT2D eigenvalue weighted by atomic mass is 10.1. The van der Waals surface area contributed by atoms with Crippen LogP contribution in [0.25, 0.3) is 11.1 Å². The number of hydrogen-bond donors (Lipinski definition) is 1. The predicted molar refractivity (Wildman–Crippen MR) is 85.6 cm³/mol. The van der Waals surface area contributed by atoms with Crippen molar-refractivity contribution in [2.24, 2.45) is 0 Å². The number of aromatic nitrogens is 1. The standard InChI is InChI=1S/C16H10BrF3N2O2/c17-10-3-1-9(2-4-10)7-14-22-12-6-5-11(8-13(12)24-14)21-15(23)16(18,19)20/h1-6,8H,7H2,(H,21,23). The molecule has 0 aliphatic carbocycles. The van der Waals surface area contributed by atoms with Crippen LogP contribution in [0.3, 0.4) is 0 Å². The van der Waals surface area contributed by atoms with Gasteiger partial charge in [-0.2, -0.15) is 13.2 Å². The summed E-state index contributed by atoms with van der Waals surface area (Å²) < 4.78 is 43.3. The van der Waals surface area contributed by atoms with E-state index in [4.69, 9.17) is 4.42 Å². The Morgan fingerprint density at radius 2 is 1.88 bits per heavy atom. The fraction of sp³-hybridized carbons (Fsp3) is 0.125. The van der Waals surface area contributed by atoms with Gasteiger partial charge in [0, 0.05) is 22.6 Å². The minimum atomic E-state index is -4.94. The molecule has 0 saturated carbocycles. The lowest BCUT2D eigenvalue weighted by molar-refractivity contribution is -0.167. The molecule has 0 atom stereocenters. The highest BCUT2D eigenvalue weighted by molar-refractivity contribution is 9.10. The van der Waals surface area contributed by atoms with Crippen LogP contribution in [0.15, 0.2) is 51.4 Å². The van der Waals surface area contributed by atoms with E-state index in [1.165, 1.54) is 18.2 Å². The van der Waals surface area contributed by atoms with Gasteiger partial charge in [-0.15, -0.1) is 0 Å². The van der Waals surface area contributed by atoms with Crippen LogP contribution in [0.5, 0.6) is 0 Å². The molecule has 0 bridgehead atoms. The molecule has 0 saturated heterocycles. The fourth-order valence-electron chi connectivity index (χ4n) is 2.10. The van der Waals surface area contributed by atoms with Gasteiger partial charge in [0.25, 0.3) is 0 Å². The third kappa shape index (κ3) is 3.76. The van der Waals surface area contributed by atoms with E-state index in [0.29, 0.717) is 23.4 Å². The van der Waals surface area contributed by atoms with Crippen molar-refractivity contribution in [3.63, 3.8) is 0 Å². The van der Waals surface area contributed by atoms with Gasteiger partial charge in [0.1, 0.15) is 5.52 Å². The van der Waals surface area contributed by atoms with Gasteiger partial charge in [0.2, 0.25) is 0 Å². The predicted octanol–water partition coefficient (Wildman–Crippen LogP) is 4.68. The smallest absolute Gasteiger partial charge is 0.440 e. The molecule has 2 aromatic carbocycles. The number of halogens is 4. The third-order valence-electron chi connectivity index (χ3n) is 3.22. The van der Waals surface area contributed by atoms with Crippen molar-refractivity contribution in [1.82, 2.24) is 4.98 Å². The second kappa shape index (κ2) is 6.27. The summed E-state index contributed by atoms with van der Waals surface area (Å²) in [4.78, 5) is 15.2. The van der Waals surface area contributed by atoms with Crippen LogP contribution in [0, 0.1) is 0 Å². The highest BCUT2D eigenvalue weighted by atomic mass is 79.9. The summed E-state index contributed by atoms with van der Waals surface area (Å²) in [5.41, 5.74) is 1.79. The first kappa shape index (κ1) is 16.5. The normalized spacial score (nSPS) is 11.7. The van der Waals surface area contributed by atoms with E-state index in [1.807, 2.05) is 24.3 Å². The zero-order valence-corrected chi connectivity index (χ0v) is 13.6. The van der Waals surface area contributed by atoms with Crippen LogP contribution >= 0.6 is 15.9 Å². The molecule has 24 heavy (non-hydrogen) atoms. The SMILES string of the molecule is O=C(Nc1ccc2nc(Cc3ccc(Br)cc3)oc2c1)C(F)(F)F. The maximum absolute atomic E-state index is 12.3. The molecule has 0 fully saturated rings. The van der Waals surface area contributed by atoms with Crippen LogP contribution in [0.4, 0.5) is 18.9 Å². The first-order valence-electron chi connectivity index (χ1n) is 6.83. The number of alkyl halides is 3. The number of rotatable bonds is 3. The first-order chi connectivity index (χ1) is 11.3. The van der Waals surface area contributed by atoms with E-state index in [2.05, 4.69) is 20.9 Å². The molecular weight excluding hydrogens is 389 g/mol. The number of hydrogen-bond acceptors (Lipinski definition) is 3. The fourth-order valence-corrected chi connectivity index (χ4v) is 2.37. The number of nitrogens with one attached hydrogen (secondary N) is 1. The molecule has 1 aromatic heterocycles. The summed E-state index contributed by atoms with van der Waals surface area (Å²) >= 11 is 3.35. The molecule has 0 radical (unpaired) electrons. The van der Waals surface area contributed by atoms with E-state index in [-0.39, 0.29) is 5.69 Å². The first-order valence-corrected chi connectivity index (χ1v) is 7.63. The summed E-state index contributed by atoms with van der Waals surface area (Å²) in [6, 6.07) is 11.8. The Kier molecular flexibility index (Phi) is 4.31. The molecule has 124 valence electrons. The Morgan fingerprint density at radius 3 is 2.54 bits per heavy atom. The zero-order chi connectivity index (χ0) is 17.3. The summed E-state index contributed by atoms with van der Waals surface area (Å²) in [6.45, 7) is 0. The Morgan fingerprint density at radius 1 is 1.17 bits per heavy atom. The monoisotopic (exact) mass is 398 g/mol. The Labute approximate surface area is 142 Å². The van der Waals surface area contributed by atoms with Gasteiger partial charge < -0.3 is 9.73 Å². The molecule has 0 aliphatic heterocycles. The van der Waals surface area contributed by atoms with E-state index in [1.54, 1.807) is 5.32 Å². The minimum Gasteiger partial charge on any atom is -0.440 e. The van der Waals surface area contributed by atoms with Crippen molar-refractivity contribution in [3.8, 4) is 0 Å². The van der Waals surface area contributed by atoms with Crippen molar-refractivity contribution in [2.75, 3.05) is 5.32 Å². The molecule has 0 aliphatic rings. The maximum Gasteiger partial charge on any atom is 0.471 e. The number of carbonyl (C=O) groups is 1. The lowest BCUT2D eigenvalue weighted by Crippen LogP contribution is -2.29. The van der Waals surface area contributed by atoms with Crippen molar-refractivity contribution >= 4 is 38.6 Å². The van der Waals surface area contributed by atoms with E-state index < -0.39 is 12.1 Å². The third-order valence-corrected chi connectivity index (χ3v) is 3.75. The van der Waals surface area contributed by atoms with Gasteiger partial charge in [0.15, 0.2) is 11.5 Å². The molecule has 3 aromatic rings. The minimum absolute atomic E-state index is 0.00355. The van der Waals surface area contributed by atoms with Gasteiger partial charge in [0.05, 0.1) is 0 Å². The summed E-state index contributed by atoms with van der Waals surface area (Å²) in [7, 11) is 0. The molecule has 8 heteroatoms. The highest BCUT2D eigenvalue weighted by Crippen LogP contribution is 2.24. The summed E-state index contributed by atoms with van der Waals surface area (Å²) in [6.07, 6.45) is -4.49.